The summed E-state index contributed by atoms with van der Waals surface area (Å²) in [5.74, 6) is -10.5. The van der Waals surface area contributed by atoms with Crippen molar-refractivity contribution in [2.45, 2.75) is 39.8 Å². The van der Waals surface area contributed by atoms with Gasteiger partial charge in [-0.05, 0) is 49.3 Å². The number of fused-ring (bicyclic) bond motifs is 1. The van der Waals surface area contributed by atoms with Crippen LogP contribution in [0.25, 0.3) is 22.6 Å². The van der Waals surface area contributed by atoms with Gasteiger partial charge in [0.15, 0.2) is 40.6 Å². The van der Waals surface area contributed by atoms with Crippen molar-refractivity contribution in [3.63, 3.8) is 0 Å². The lowest BCUT2D eigenvalue weighted by Gasteiger charge is -2.13. The predicted octanol–water partition coefficient (Wildman–Crippen LogP) is 3.55. The molecule has 4 N–H and O–H groups in total. The minimum Gasteiger partial charge on any atom is -0.484 e. The van der Waals surface area contributed by atoms with E-state index in [0.717, 1.165) is 0 Å². The molecule has 0 aliphatic carbocycles. The van der Waals surface area contributed by atoms with Crippen LogP contribution in [0.15, 0.2) is 33.9 Å². The van der Waals surface area contributed by atoms with Gasteiger partial charge in [-0.3, -0.25) is 18.7 Å². The van der Waals surface area contributed by atoms with Gasteiger partial charge in [0.05, 0.1) is 0 Å². The summed E-state index contributed by atoms with van der Waals surface area (Å²) in [7, 11) is 0. The number of halogens is 5. The summed E-state index contributed by atoms with van der Waals surface area (Å²) in [6, 6.07) is 6.52. The third-order valence-electron chi connectivity index (χ3n) is 6.43. The molecular formula is C28H28F5N7O4S. The van der Waals surface area contributed by atoms with Crippen LogP contribution in [-0.4, -0.2) is 49.8 Å². The second kappa shape index (κ2) is 14.3. The number of anilines is 1. The molecule has 0 bridgehead atoms. The predicted molar refractivity (Wildman–Crippen MR) is 160 cm³/mol. The van der Waals surface area contributed by atoms with E-state index in [0.29, 0.717) is 36.5 Å². The second-order valence-corrected chi connectivity index (χ2v) is 10.1. The van der Waals surface area contributed by atoms with E-state index in [9.17, 15) is 36.3 Å². The van der Waals surface area contributed by atoms with Crippen LogP contribution in [0.3, 0.4) is 0 Å². The van der Waals surface area contributed by atoms with E-state index in [1.807, 2.05) is 19.2 Å². The summed E-state index contributed by atoms with van der Waals surface area (Å²) in [5, 5.41) is 6.45. The summed E-state index contributed by atoms with van der Waals surface area (Å²) < 4.78 is 75.5. The average molecular weight is 654 g/mol. The number of thiocarbonyl (C=S) groups is 1. The monoisotopic (exact) mass is 653 g/mol. The third-order valence-corrected chi connectivity index (χ3v) is 6.68. The Hall–Kier alpha value is -4.80. The topological polar surface area (TPSA) is 135 Å². The molecule has 0 unspecified atom stereocenters. The summed E-state index contributed by atoms with van der Waals surface area (Å²) >= 11 is 4.81. The zero-order chi connectivity index (χ0) is 32.8. The molecule has 2 aromatic heterocycles. The zero-order valence-corrected chi connectivity index (χ0v) is 24.8. The smallest absolute Gasteiger partial charge is 0.332 e. The number of H-pyrrole nitrogens is 1. The van der Waals surface area contributed by atoms with Crippen LogP contribution in [0.5, 0.6) is 5.75 Å². The Morgan fingerprint density at radius 3 is 2.09 bits per heavy atom. The number of rotatable bonds is 12. The highest BCUT2D eigenvalue weighted by atomic mass is 32.1. The maximum absolute atomic E-state index is 13.8. The van der Waals surface area contributed by atoms with E-state index in [1.54, 1.807) is 24.3 Å². The fourth-order valence-electron chi connectivity index (χ4n) is 4.31. The molecule has 0 spiro atoms. The Balaban J connectivity index is 1.30. The highest BCUT2D eigenvalue weighted by molar-refractivity contribution is 7.80. The van der Waals surface area contributed by atoms with E-state index >= 15 is 0 Å². The number of aromatic amines is 1. The Labute approximate surface area is 257 Å². The molecule has 17 heteroatoms. The van der Waals surface area contributed by atoms with Crippen LogP contribution in [0.2, 0.25) is 0 Å². The number of imidazole rings is 1. The fraction of sp³-hybridized carbons (Fsp3) is 0.321. The molecule has 0 aliphatic rings. The summed E-state index contributed by atoms with van der Waals surface area (Å²) in [5.41, 5.74) is -1.04. The van der Waals surface area contributed by atoms with Crippen LogP contribution in [0, 0.1) is 29.1 Å². The van der Waals surface area contributed by atoms with Gasteiger partial charge in [-0.1, -0.05) is 13.8 Å². The lowest BCUT2D eigenvalue weighted by molar-refractivity contribution is -0.123. The standard InChI is InChI=1S/C28H28F5N7O4S/c1-3-11-39-25-23(26(42)40(12-4-2)28(39)43)36-24(38-25)14-5-7-15(8-6-14)44-13-16(41)34-9-10-35-27(45)37-22-20(32)18(30)17(29)19(31)21(22)33/h5-8H,3-4,9-13H2,1-2H3,(H,34,41)(H,36,38)(H2,35,37,45). The van der Waals surface area contributed by atoms with Crippen molar-refractivity contribution in [3.05, 3.63) is 74.2 Å². The largest absolute Gasteiger partial charge is 0.484 e. The zero-order valence-electron chi connectivity index (χ0n) is 24.0. The number of ether oxygens (including phenoxy) is 1. The van der Waals surface area contributed by atoms with Crippen molar-refractivity contribution in [2.24, 2.45) is 0 Å². The molecule has 0 aliphatic heterocycles. The first-order valence-corrected chi connectivity index (χ1v) is 14.2. The molecule has 4 rings (SSSR count). The van der Waals surface area contributed by atoms with Gasteiger partial charge in [0, 0.05) is 31.7 Å². The van der Waals surface area contributed by atoms with Crippen LogP contribution >= 0.6 is 12.2 Å². The number of amides is 1. The molecule has 1 amide bonds. The quantitative estimate of drug-likeness (QED) is 0.0600. The number of aryl methyl sites for hydroxylation is 1. The van der Waals surface area contributed by atoms with Crippen LogP contribution in [0.1, 0.15) is 26.7 Å². The van der Waals surface area contributed by atoms with E-state index < -0.39 is 57.0 Å². The Morgan fingerprint density at radius 2 is 1.47 bits per heavy atom. The van der Waals surface area contributed by atoms with Crippen molar-refractivity contribution < 1.29 is 31.5 Å². The van der Waals surface area contributed by atoms with Gasteiger partial charge in [-0.15, -0.1) is 0 Å². The SMILES string of the molecule is CCCn1c(=O)c2[nH]c(-c3ccc(OCC(=O)NCCNC(=S)Nc4c(F)c(F)c(F)c(F)c4F)cc3)nc2n(CCC)c1=O. The molecule has 0 radical (unpaired) electrons. The lowest BCUT2D eigenvalue weighted by atomic mass is 10.2. The Morgan fingerprint density at radius 1 is 0.889 bits per heavy atom. The average Bonchev–Trinajstić information content (AvgIpc) is 3.48. The van der Waals surface area contributed by atoms with Gasteiger partial charge in [-0.25, -0.2) is 31.7 Å². The van der Waals surface area contributed by atoms with Crippen molar-refractivity contribution >= 4 is 40.1 Å². The molecule has 2 heterocycles. The van der Waals surface area contributed by atoms with Crippen LogP contribution in [-0.2, 0) is 17.9 Å². The molecule has 11 nitrogen and oxygen atoms in total. The first kappa shape index (κ1) is 33.1. The summed E-state index contributed by atoms with van der Waals surface area (Å²) in [6.07, 6.45) is 1.29. The normalized spacial score (nSPS) is 11.1. The lowest BCUT2D eigenvalue weighted by Crippen LogP contribution is -2.40. The Bertz CT molecular complexity index is 1830. The summed E-state index contributed by atoms with van der Waals surface area (Å²) in [4.78, 5) is 45.5. The number of hydrogen-bond acceptors (Lipinski definition) is 6. The molecule has 0 saturated carbocycles. The molecule has 0 fully saturated rings. The maximum Gasteiger partial charge on any atom is 0.332 e. The first-order chi connectivity index (χ1) is 21.5. The van der Waals surface area contributed by atoms with Gasteiger partial charge in [0.25, 0.3) is 11.5 Å². The molecular weight excluding hydrogens is 625 g/mol. The van der Waals surface area contributed by atoms with Crippen LogP contribution < -0.4 is 31.9 Å². The highest BCUT2D eigenvalue weighted by Crippen LogP contribution is 2.27. The first-order valence-electron chi connectivity index (χ1n) is 13.8. The minimum absolute atomic E-state index is 0.0187. The minimum atomic E-state index is -2.29. The number of nitrogens with one attached hydrogen (secondary N) is 4. The number of nitrogens with zero attached hydrogens (tertiary/aromatic N) is 3. The van der Waals surface area contributed by atoms with E-state index in [4.69, 9.17) is 17.0 Å². The third kappa shape index (κ3) is 7.13. The van der Waals surface area contributed by atoms with Crippen molar-refractivity contribution in [3.8, 4) is 17.1 Å². The van der Waals surface area contributed by atoms with E-state index in [-0.39, 0.29) is 37.4 Å². The molecule has 0 atom stereocenters. The molecule has 240 valence electrons. The molecule has 2 aromatic carbocycles. The number of hydrogen-bond donors (Lipinski definition) is 4. The van der Waals surface area contributed by atoms with Crippen molar-refractivity contribution in [2.75, 3.05) is 25.0 Å². The number of carbonyl (C=O) groups is 1. The number of benzene rings is 2. The van der Waals surface area contributed by atoms with Crippen LogP contribution in [0.4, 0.5) is 27.6 Å². The van der Waals surface area contributed by atoms with Gasteiger partial charge in [-0.2, -0.15) is 0 Å². The Kier molecular flexibility index (Phi) is 10.5. The molecule has 45 heavy (non-hydrogen) atoms. The van der Waals surface area contributed by atoms with Gasteiger partial charge in [0.2, 0.25) is 5.82 Å². The molecule has 0 saturated heterocycles. The highest BCUT2D eigenvalue weighted by Gasteiger charge is 2.26. The van der Waals surface area contributed by atoms with Gasteiger partial charge < -0.3 is 25.7 Å². The van der Waals surface area contributed by atoms with Gasteiger partial charge in [0.1, 0.15) is 22.8 Å². The van der Waals surface area contributed by atoms with Crippen molar-refractivity contribution in [1.29, 1.82) is 0 Å². The van der Waals surface area contributed by atoms with Crippen molar-refractivity contribution in [1.82, 2.24) is 29.7 Å². The van der Waals surface area contributed by atoms with E-state index in [1.165, 1.54) is 9.13 Å². The summed E-state index contributed by atoms with van der Waals surface area (Å²) in [6.45, 7) is 4.05. The van der Waals surface area contributed by atoms with Gasteiger partial charge >= 0.3 is 5.69 Å². The fourth-order valence-corrected chi connectivity index (χ4v) is 4.51. The number of carbonyl (C=O) groups excluding carboxylic acids is 1. The number of aromatic nitrogens is 4. The second-order valence-electron chi connectivity index (χ2n) is 9.66. The maximum atomic E-state index is 13.8. The van der Waals surface area contributed by atoms with E-state index in [2.05, 4.69) is 20.6 Å². The molecule has 4 aromatic rings.